The number of benzene rings is 1. The first-order valence-electron chi connectivity index (χ1n) is 11.0. The molecule has 0 saturated heterocycles. The van der Waals surface area contributed by atoms with Gasteiger partial charge >= 0.3 is 5.97 Å². The van der Waals surface area contributed by atoms with E-state index in [1.165, 1.54) is 4.40 Å². The third-order valence-electron chi connectivity index (χ3n) is 5.30. The minimum atomic E-state index is -0.257. The van der Waals surface area contributed by atoms with E-state index in [0.717, 1.165) is 11.4 Å². The van der Waals surface area contributed by atoms with Crippen molar-refractivity contribution in [1.29, 1.82) is 0 Å². The van der Waals surface area contributed by atoms with Gasteiger partial charge in [0.15, 0.2) is 11.4 Å². The van der Waals surface area contributed by atoms with Gasteiger partial charge < -0.3 is 9.47 Å². The fourth-order valence-electron chi connectivity index (χ4n) is 3.72. The van der Waals surface area contributed by atoms with Crippen LogP contribution in [0, 0.1) is 13.8 Å². The third-order valence-corrected chi connectivity index (χ3v) is 5.55. The van der Waals surface area contributed by atoms with Crippen LogP contribution < -0.4 is 10.3 Å². The van der Waals surface area contributed by atoms with Gasteiger partial charge in [0.25, 0.3) is 5.56 Å². The second kappa shape index (κ2) is 10.1. The SMILES string of the molecule is CCOC(=O)CCCOc1cccn2c(=O)c(-c3cc(C)n(-c4ccc(Cl)cc4)n3)c(C)nc12. The van der Waals surface area contributed by atoms with Gasteiger partial charge in [-0.15, -0.1) is 0 Å². The lowest BCUT2D eigenvalue weighted by Gasteiger charge is -2.11. The molecule has 0 atom stereocenters. The molecule has 4 rings (SSSR count). The molecule has 0 unspecified atom stereocenters. The highest BCUT2D eigenvalue weighted by atomic mass is 35.5. The highest BCUT2D eigenvalue weighted by Crippen LogP contribution is 2.24. The molecule has 4 aromatic rings. The van der Waals surface area contributed by atoms with Crippen molar-refractivity contribution >= 4 is 23.2 Å². The number of hydrogen-bond donors (Lipinski definition) is 0. The van der Waals surface area contributed by atoms with Crippen LogP contribution >= 0.6 is 11.6 Å². The fraction of sp³-hybridized carbons (Fsp3) is 0.280. The maximum absolute atomic E-state index is 13.4. The summed E-state index contributed by atoms with van der Waals surface area (Å²) in [7, 11) is 0. The zero-order chi connectivity index (χ0) is 24.2. The lowest BCUT2D eigenvalue weighted by atomic mass is 10.1. The first-order valence-corrected chi connectivity index (χ1v) is 11.4. The number of rotatable bonds is 8. The summed E-state index contributed by atoms with van der Waals surface area (Å²) < 4.78 is 14.0. The molecule has 0 amide bonds. The summed E-state index contributed by atoms with van der Waals surface area (Å²) in [5, 5.41) is 5.31. The van der Waals surface area contributed by atoms with Crippen molar-refractivity contribution in [3.63, 3.8) is 0 Å². The average Bonchev–Trinajstić information content (AvgIpc) is 3.18. The van der Waals surface area contributed by atoms with E-state index in [2.05, 4.69) is 10.1 Å². The number of pyridine rings is 1. The number of carbonyl (C=O) groups is 1. The zero-order valence-corrected chi connectivity index (χ0v) is 20.0. The van der Waals surface area contributed by atoms with Crippen LogP contribution in [0.1, 0.15) is 31.2 Å². The number of ether oxygens (including phenoxy) is 2. The number of carbonyl (C=O) groups excluding carboxylic acids is 1. The maximum Gasteiger partial charge on any atom is 0.305 e. The molecule has 9 heteroatoms. The number of aromatic nitrogens is 4. The summed E-state index contributed by atoms with van der Waals surface area (Å²) in [5.74, 6) is 0.216. The van der Waals surface area contributed by atoms with E-state index in [1.807, 2.05) is 25.1 Å². The number of hydrogen-bond acceptors (Lipinski definition) is 6. The van der Waals surface area contributed by atoms with E-state index in [0.29, 0.717) is 53.0 Å². The van der Waals surface area contributed by atoms with E-state index in [-0.39, 0.29) is 17.9 Å². The molecule has 8 nitrogen and oxygen atoms in total. The Morgan fingerprint density at radius 2 is 1.91 bits per heavy atom. The number of esters is 1. The molecule has 3 aromatic heterocycles. The molecule has 176 valence electrons. The Hall–Kier alpha value is -3.65. The molecule has 0 spiro atoms. The normalized spacial score (nSPS) is 11.1. The van der Waals surface area contributed by atoms with Crippen molar-refractivity contribution in [3.05, 3.63) is 75.4 Å². The summed E-state index contributed by atoms with van der Waals surface area (Å²) in [5.41, 5.74) is 3.41. The number of halogens is 1. The van der Waals surface area contributed by atoms with Gasteiger partial charge in [0.1, 0.15) is 5.69 Å². The summed E-state index contributed by atoms with van der Waals surface area (Å²) >= 11 is 6.00. The van der Waals surface area contributed by atoms with Gasteiger partial charge in [-0.3, -0.25) is 14.0 Å². The average molecular weight is 481 g/mol. The van der Waals surface area contributed by atoms with Gasteiger partial charge in [0.05, 0.1) is 30.2 Å². The molecular formula is C25H25ClN4O4. The second-order valence-corrected chi connectivity index (χ2v) is 8.20. The van der Waals surface area contributed by atoms with Crippen LogP contribution in [0.15, 0.2) is 53.5 Å². The van der Waals surface area contributed by atoms with Crippen molar-refractivity contribution in [2.24, 2.45) is 0 Å². The Balaban J connectivity index is 1.65. The molecule has 0 saturated carbocycles. The lowest BCUT2D eigenvalue weighted by Crippen LogP contribution is -2.20. The van der Waals surface area contributed by atoms with Crippen LogP contribution in [0.25, 0.3) is 22.6 Å². The van der Waals surface area contributed by atoms with Crippen LogP contribution in [0.5, 0.6) is 5.75 Å². The van der Waals surface area contributed by atoms with Crippen LogP contribution in [0.3, 0.4) is 0 Å². The molecular weight excluding hydrogens is 456 g/mol. The fourth-order valence-corrected chi connectivity index (χ4v) is 3.85. The van der Waals surface area contributed by atoms with Crippen LogP contribution in [0.4, 0.5) is 0 Å². The molecule has 0 radical (unpaired) electrons. The lowest BCUT2D eigenvalue weighted by molar-refractivity contribution is -0.143. The molecule has 0 aliphatic carbocycles. The van der Waals surface area contributed by atoms with E-state index in [1.54, 1.807) is 49.0 Å². The predicted octanol–water partition coefficient (Wildman–Crippen LogP) is 4.54. The van der Waals surface area contributed by atoms with Gasteiger partial charge in [-0.1, -0.05) is 11.6 Å². The molecule has 0 aliphatic rings. The molecule has 0 N–H and O–H groups in total. The molecule has 3 heterocycles. The van der Waals surface area contributed by atoms with Crippen molar-refractivity contribution in [1.82, 2.24) is 19.2 Å². The van der Waals surface area contributed by atoms with E-state index in [9.17, 15) is 9.59 Å². The van der Waals surface area contributed by atoms with E-state index < -0.39 is 0 Å². The standard InChI is InChI=1S/C25H25ClN4O4/c1-4-33-22(31)8-6-14-34-21-7-5-13-29-24(21)27-17(3)23(25(29)32)20-15-16(2)30(28-20)19-11-9-18(26)10-12-19/h5,7,9-13,15H,4,6,8,14H2,1-3H3. The van der Waals surface area contributed by atoms with Crippen molar-refractivity contribution < 1.29 is 14.3 Å². The monoisotopic (exact) mass is 480 g/mol. The largest absolute Gasteiger partial charge is 0.490 e. The summed E-state index contributed by atoms with van der Waals surface area (Å²) in [6.45, 7) is 6.14. The Morgan fingerprint density at radius 3 is 2.65 bits per heavy atom. The van der Waals surface area contributed by atoms with Gasteiger partial charge in [0.2, 0.25) is 0 Å². The quantitative estimate of drug-likeness (QED) is 0.272. The van der Waals surface area contributed by atoms with Gasteiger partial charge in [-0.05, 0) is 69.7 Å². The Labute approximate surface area is 201 Å². The number of aryl methyl sites for hydroxylation is 2. The zero-order valence-electron chi connectivity index (χ0n) is 19.2. The number of nitrogens with zero attached hydrogens (tertiary/aromatic N) is 4. The van der Waals surface area contributed by atoms with Crippen LogP contribution in [0.2, 0.25) is 5.02 Å². The van der Waals surface area contributed by atoms with Crippen molar-refractivity contribution in [3.8, 4) is 22.7 Å². The summed E-state index contributed by atoms with van der Waals surface area (Å²) in [6.07, 6.45) is 2.43. The second-order valence-electron chi connectivity index (χ2n) is 7.76. The minimum absolute atomic E-state index is 0.236. The van der Waals surface area contributed by atoms with Gasteiger partial charge in [-0.2, -0.15) is 5.10 Å². The Bertz CT molecular complexity index is 1390. The highest BCUT2D eigenvalue weighted by Gasteiger charge is 2.18. The minimum Gasteiger partial charge on any atom is -0.490 e. The van der Waals surface area contributed by atoms with Gasteiger partial charge in [-0.25, -0.2) is 9.67 Å². The molecule has 1 aromatic carbocycles. The van der Waals surface area contributed by atoms with Crippen molar-refractivity contribution in [2.75, 3.05) is 13.2 Å². The third kappa shape index (κ3) is 4.82. The van der Waals surface area contributed by atoms with Crippen LogP contribution in [-0.4, -0.2) is 38.3 Å². The number of fused-ring (bicyclic) bond motifs is 1. The van der Waals surface area contributed by atoms with E-state index >= 15 is 0 Å². The topological polar surface area (TPSA) is 87.7 Å². The van der Waals surface area contributed by atoms with E-state index in [4.69, 9.17) is 21.1 Å². The summed E-state index contributed by atoms with van der Waals surface area (Å²) in [4.78, 5) is 29.6. The smallest absolute Gasteiger partial charge is 0.305 e. The highest BCUT2D eigenvalue weighted by molar-refractivity contribution is 6.30. The first kappa shape index (κ1) is 23.5. The predicted molar refractivity (Wildman–Crippen MR) is 130 cm³/mol. The molecule has 0 aliphatic heterocycles. The Morgan fingerprint density at radius 1 is 1.15 bits per heavy atom. The van der Waals surface area contributed by atoms with Crippen molar-refractivity contribution in [2.45, 2.75) is 33.6 Å². The maximum atomic E-state index is 13.4. The molecule has 34 heavy (non-hydrogen) atoms. The first-order chi connectivity index (χ1) is 16.4. The Kier molecular flexibility index (Phi) is 6.98. The molecule has 0 fully saturated rings. The van der Waals surface area contributed by atoms with Gasteiger partial charge in [0, 0.05) is 23.3 Å². The summed E-state index contributed by atoms with van der Waals surface area (Å²) in [6, 6.07) is 12.7. The van der Waals surface area contributed by atoms with Crippen LogP contribution in [-0.2, 0) is 9.53 Å². The molecule has 0 bridgehead atoms.